The van der Waals surface area contributed by atoms with Crippen LogP contribution in [0, 0.1) is 13.8 Å². The lowest BCUT2D eigenvalue weighted by Crippen LogP contribution is -2.17. The van der Waals surface area contributed by atoms with Crippen molar-refractivity contribution in [3.05, 3.63) is 41.7 Å². The van der Waals surface area contributed by atoms with Crippen molar-refractivity contribution in [3.8, 4) is 5.95 Å². The van der Waals surface area contributed by atoms with E-state index in [1.807, 2.05) is 42.8 Å². The third kappa shape index (κ3) is 2.67. The smallest absolute Gasteiger partial charge is 0.253 e. The van der Waals surface area contributed by atoms with E-state index < -0.39 is 0 Å². The average molecular weight is 307 g/mol. The van der Waals surface area contributed by atoms with E-state index in [0.717, 1.165) is 28.1 Å². The Morgan fingerprint density at radius 3 is 2.61 bits per heavy atom. The minimum atomic E-state index is 0.515. The minimum absolute atomic E-state index is 0.515. The van der Waals surface area contributed by atoms with Gasteiger partial charge in [0.05, 0.1) is 11.2 Å². The van der Waals surface area contributed by atoms with Crippen LogP contribution in [0.3, 0.4) is 0 Å². The van der Waals surface area contributed by atoms with E-state index in [9.17, 15) is 0 Å². The quantitative estimate of drug-likeness (QED) is 0.800. The van der Waals surface area contributed by atoms with Crippen LogP contribution in [0.2, 0.25) is 0 Å². The summed E-state index contributed by atoms with van der Waals surface area (Å²) >= 11 is 0. The maximum Gasteiger partial charge on any atom is 0.253 e. The summed E-state index contributed by atoms with van der Waals surface area (Å²) in [6, 6.07) is 10.7. The number of anilines is 1. The molecule has 0 saturated heterocycles. The molecule has 5 nitrogen and oxygen atoms in total. The molecule has 1 N–H and O–H groups in total. The zero-order chi connectivity index (χ0) is 15.8. The molecule has 4 rings (SSSR count). The Kier molecular flexibility index (Phi) is 3.48. The van der Waals surface area contributed by atoms with Crippen LogP contribution in [0.25, 0.3) is 16.9 Å². The molecule has 23 heavy (non-hydrogen) atoms. The summed E-state index contributed by atoms with van der Waals surface area (Å²) in [6.07, 6.45) is 5.02. The van der Waals surface area contributed by atoms with E-state index in [2.05, 4.69) is 16.5 Å². The molecule has 2 aromatic heterocycles. The fourth-order valence-electron chi connectivity index (χ4n) is 3.36. The van der Waals surface area contributed by atoms with Crippen LogP contribution in [0.1, 0.15) is 37.1 Å². The number of benzene rings is 1. The fraction of sp³-hybridized carbons (Fsp3) is 0.389. The Morgan fingerprint density at radius 1 is 1.09 bits per heavy atom. The van der Waals surface area contributed by atoms with E-state index in [4.69, 9.17) is 9.97 Å². The zero-order valence-electron chi connectivity index (χ0n) is 13.6. The summed E-state index contributed by atoms with van der Waals surface area (Å²) < 4.78 is 1.82. The number of fused-ring (bicyclic) bond motifs is 1. The normalized spacial score (nSPS) is 15.4. The number of nitrogens with one attached hydrogen (secondary N) is 1. The first-order valence-corrected chi connectivity index (χ1v) is 8.28. The van der Waals surface area contributed by atoms with E-state index in [-0.39, 0.29) is 0 Å². The Balaban J connectivity index is 1.84. The molecule has 0 bridgehead atoms. The third-order valence-electron chi connectivity index (χ3n) is 4.49. The van der Waals surface area contributed by atoms with Gasteiger partial charge in [0.15, 0.2) is 0 Å². The number of hydrogen-bond acceptors (Lipinski definition) is 4. The molecule has 0 aliphatic heterocycles. The number of nitrogens with zero attached hydrogens (tertiary/aromatic N) is 4. The highest BCUT2D eigenvalue weighted by atomic mass is 15.4. The molecule has 1 aromatic carbocycles. The van der Waals surface area contributed by atoms with Crippen LogP contribution in [0.15, 0.2) is 30.3 Å². The van der Waals surface area contributed by atoms with Gasteiger partial charge in [-0.2, -0.15) is 10.1 Å². The van der Waals surface area contributed by atoms with Crippen molar-refractivity contribution in [2.24, 2.45) is 0 Å². The molecule has 2 heterocycles. The fourth-order valence-corrected chi connectivity index (χ4v) is 3.36. The second-order valence-corrected chi connectivity index (χ2v) is 6.35. The average Bonchev–Trinajstić information content (AvgIpc) is 3.16. The van der Waals surface area contributed by atoms with Gasteiger partial charge in [-0.1, -0.05) is 25.0 Å². The van der Waals surface area contributed by atoms with Crippen LogP contribution in [-0.2, 0) is 0 Å². The number of hydrogen-bond donors (Lipinski definition) is 1. The van der Waals surface area contributed by atoms with Gasteiger partial charge in [0, 0.05) is 17.1 Å². The first-order chi connectivity index (χ1) is 11.2. The van der Waals surface area contributed by atoms with Gasteiger partial charge in [0.2, 0.25) is 0 Å². The molecule has 5 heteroatoms. The standard InChI is InChI=1S/C18H21N5/c1-12-11-13(2)23(22-12)18-20-16-10-6-5-9-15(16)17(21-18)19-14-7-3-4-8-14/h5-6,9-11,14H,3-4,7-8H2,1-2H3,(H,19,20,21). The minimum Gasteiger partial charge on any atom is -0.367 e. The highest BCUT2D eigenvalue weighted by Crippen LogP contribution is 2.26. The van der Waals surface area contributed by atoms with Gasteiger partial charge in [0.25, 0.3) is 5.95 Å². The largest absolute Gasteiger partial charge is 0.367 e. The van der Waals surface area contributed by atoms with Gasteiger partial charge >= 0.3 is 0 Å². The predicted octanol–water partition coefficient (Wildman–Crippen LogP) is 3.79. The van der Waals surface area contributed by atoms with Crippen molar-refractivity contribution >= 4 is 16.7 Å². The molecule has 1 aliphatic rings. The van der Waals surface area contributed by atoms with Crippen LogP contribution in [-0.4, -0.2) is 25.8 Å². The van der Waals surface area contributed by atoms with Gasteiger partial charge in [-0.05, 0) is 44.9 Å². The molecule has 0 radical (unpaired) electrons. The summed E-state index contributed by atoms with van der Waals surface area (Å²) in [5.41, 5.74) is 2.97. The van der Waals surface area contributed by atoms with Crippen molar-refractivity contribution in [3.63, 3.8) is 0 Å². The molecule has 1 fully saturated rings. The lowest BCUT2D eigenvalue weighted by Gasteiger charge is -2.15. The van der Waals surface area contributed by atoms with E-state index in [1.54, 1.807) is 0 Å². The van der Waals surface area contributed by atoms with Crippen molar-refractivity contribution < 1.29 is 0 Å². The molecule has 0 spiro atoms. The van der Waals surface area contributed by atoms with Crippen molar-refractivity contribution in [2.45, 2.75) is 45.6 Å². The second kappa shape index (κ2) is 5.65. The summed E-state index contributed by atoms with van der Waals surface area (Å²) in [5.74, 6) is 1.56. The maximum absolute atomic E-state index is 4.79. The first kappa shape index (κ1) is 14.2. The summed E-state index contributed by atoms with van der Waals surface area (Å²) in [4.78, 5) is 9.49. The van der Waals surface area contributed by atoms with Crippen LogP contribution >= 0.6 is 0 Å². The topological polar surface area (TPSA) is 55.6 Å². The lowest BCUT2D eigenvalue weighted by molar-refractivity contribution is 0.742. The van der Waals surface area contributed by atoms with Crippen molar-refractivity contribution in [1.29, 1.82) is 0 Å². The van der Waals surface area contributed by atoms with Gasteiger partial charge in [-0.25, -0.2) is 9.67 Å². The van der Waals surface area contributed by atoms with Crippen LogP contribution in [0.4, 0.5) is 5.82 Å². The molecular weight excluding hydrogens is 286 g/mol. The van der Waals surface area contributed by atoms with E-state index >= 15 is 0 Å². The van der Waals surface area contributed by atoms with Crippen molar-refractivity contribution in [2.75, 3.05) is 5.32 Å². The highest BCUT2D eigenvalue weighted by Gasteiger charge is 2.18. The summed E-state index contributed by atoms with van der Waals surface area (Å²) in [6.45, 7) is 4.02. The highest BCUT2D eigenvalue weighted by molar-refractivity contribution is 5.89. The molecule has 0 unspecified atom stereocenters. The number of aromatic nitrogens is 4. The van der Waals surface area contributed by atoms with Gasteiger partial charge in [0.1, 0.15) is 5.82 Å². The monoisotopic (exact) mass is 307 g/mol. The summed E-state index contributed by atoms with van der Waals surface area (Å²) in [5, 5.41) is 9.23. The molecular formula is C18H21N5. The van der Waals surface area contributed by atoms with Crippen LogP contribution in [0.5, 0.6) is 0 Å². The van der Waals surface area contributed by atoms with Gasteiger partial charge in [-0.3, -0.25) is 0 Å². The Hall–Kier alpha value is -2.43. The summed E-state index contributed by atoms with van der Waals surface area (Å²) in [7, 11) is 0. The molecule has 118 valence electrons. The van der Waals surface area contributed by atoms with E-state index in [1.165, 1.54) is 25.7 Å². The maximum atomic E-state index is 4.79. The molecule has 0 atom stereocenters. The number of para-hydroxylation sites is 1. The first-order valence-electron chi connectivity index (χ1n) is 8.28. The SMILES string of the molecule is Cc1cc(C)n(-c2nc(NC3CCCC3)c3ccccc3n2)n1. The number of aryl methyl sites for hydroxylation is 2. The van der Waals surface area contributed by atoms with Crippen LogP contribution < -0.4 is 5.32 Å². The Labute approximate surface area is 135 Å². The van der Waals surface area contributed by atoms with E-state index in [0.29, 0.717) is 12.0 Å². The number of rotatable bonds is 3. The Morgan fingerprint density at radius 2 is 1.87 bits per heavy atom. The predicted molar refractivity (Wildman–Crippen MR) is 92.0 cm³/mol. The lowest BCUT2D eigenvalue weighted by atomic mass is 10.2. The molecule has 1 saturated carbocycles. The van der Waals surface area contributed by atoms with Crippen molar-refractivity contribution in [1.82, 2.24) is 19.7 Å². The zero-order valence-corrected chi connectivity index (χ0v) is 13.6. The third-order valence-corrected chi connectivity index (χ3v) is 4.49. The van der Waals surface area contributed by atoms with Gasteiger partial charge in [-0.15, -0.1) is 0 Å². The second-order valence-electron chi connectivity index (χ2n) is 6.35. The Bertz CT molecular complexity index is 846. The van der Waals surface area contributed by atoms with Gasteiger partial charge < -0.3 is 5.32 Å². The molecule has 1 aliphatic carbocycles. The molecule has 3 aromatic rings. The molecule has 0 amide bonds.